The smallest absolute Gasteiger partial charge is 0.190 e. The van der Waals surface area contributed by atoms with Crippen molar-refractivity contribution >= 4 is 23.8 Å². The Hall–Kier alpha value is -2.12. The Morgan fingerprint density at radius 3 is 2.70 bits per heavy atom. The average molecular weight is 287 g/mol. The van der Waals surface area contributed by atoms with Crippen molar-refractivity contribution < 1.29 is 0 Å². The van der Waals surface area contributed by atoms with E-state index in [-0.39, 0.29) is 0 Å². The summed E-state index contributed by atoms with van der Waals surface area (Å²) in [6, 6.07) is 9.58. The van der Waals surface area contributed by atoms with Crippen molar-refractivity contribution in [3.63, 3.8) is 0 Å². The van der Waals surface area contributed by atoms with Crippen LogP contribution in [0.2, 0.25) is 5.02 Å². The van der Waals surface area contributed by atoms with Gasteiger partial charge in [-0.15, -0.1) is 5.10 Å². The number of rotatable bonds is 5. The maximum atomic E-state index is 9.07. The molecular formula is C15H15ClN4. The molecule has 0 saturated carbocycles. The summed E-state index contributed by atoms with van der Waals surface area (Å²) in [5, 5.41) is 17.7. The van der Waals surface area contributed by atoms with E-state index in [4.69, 9.17) is 16.9 Å². The molecule has 102 valence electrons. The predicted octanol–water partition coefficient (Wildman–Crippen LogP) is 3.77. The molecule has 1 aromatic heterocycles. The van der Waals surface area contributed by atoms with Gasteiger partial charge in [0, 0.05) is 11.6 Å². The number of unbranched alkanes of at least 4 members (excludes halogenated alkanes) is 1. The van der Waals surface area contributed by atoms with E-state index in [2.05, 4.69) is 23.3 Å². The molecule has 0 unspecified atom stereocenters. The van der Waals surface area contributed by atoms with Gasteiger partial charge in [-0.25, -0.2) is 4.68 Å². The summed E-state index contributed by atoms with van der Waals surface area (Å²) in [4.78, 5) is 0. The lowest BCUT2D eigenvalue weighted by atomic mass is 10.2. The molecule has 0 N–H and O–H groups in total. The van der Waals surface area contributed by atoms with Crippen molar-refractivity contribution in [1.29, 1.82) is 5.26 Å². The minimum atomic E-state index is 0.353. The summed E-state index contributed by atoms with van der Waals surface area (Å²) in [6.07, 6.45) is 5.88. The molecule has 0 aliphatic carbocycles. The van der Waals surface area contributed by atoms with E-state index < -0.39 is 0 Å². The number of benzene rings is 1. The zero-order chi connectivity index (χ0) is 14.4. The Morgan fingerprint density at radius 1 is 1.30 bits per heavy atom. The van der Waals surface area contributed by atoms with E-state index in [1.165, 1.54) is 0 Å². The first-order chi connectivity index (χ1) is 9.74. The highest BCUT2D eigenvalue weighted by molar-refractivity contribution is 6.30. The van der Waals surface area contributed by atoms with Gasteiger partial charge in [-0.1, -0.05) is 48.4 Å². The van der Waals surface area contributed by atoms with Crippen LogP contribution in [0.25, 0.3) is 12.2 Å². The van der Waals surface area contributed by atoms with Crippen molar-refractivity contribution in [3.05, 3.63) is 46.2 Å². The molecule has 20 heavy (non-hydrogen) atoms. The lowest BCUT2D eigenvalue weighted by Crippen LogP contribution is -2.02. The fourth-order valence-electron chi connectivity index (χ4n) is 1.79. The van der Waals surface area contributed by atoms with Crippen LogP contribution >= 0.6 is 11.6 Å². The monoisotopic (exact) mass is 286 g/mol. The van der Waals surface area contributed by atoms with E-state index >= 15 is 0 Å². The van der Waals surface area contributed by atoms with Crippen LogP contribution in [0, 0.1) is 11.3 Å². The molecule has 1 aromatic carbocycles. The average Bonchev–Trinajstić information content (AvgIpc) is 2.86. The Bertz CT molecular complexity index is 635. The topological polar surface area (TPSA) is 54.5 Å². The lowest BCUT2D eigenvalue weighted by molar-refractivity contribution is 0.549. The van der Waals surface area contributed by atoms with Gasteiger partial charge < -0.3 is 0 Å². The van der Waals surface area contributed by atoms with E-state index in [1.807, 2.05) is 36.4 Å². The Kier molecular flexibility index (Phi) is 4.91. The van der Waals surface area contributed by atoms with E-state index in [0.717, 1.165) is 30.6 Å². The number of hydrogen-bond acceptors (Lipinski definition) is 3. The van der Waals surface area contributed by atoms with Crippen molar-refractivity contribution in [2.75, 3.05) is 0 Å². The van der Waals surface area contributed by atoms with E-state index in [1.54, 1.807) is 4.68 Å². The SMILES string of the molecule is CCCCn1nnc(C#N)c1/C=C/c1ccc(Cl)cc1. The molecular weight excluding hydrogens is 272 g/mol. The van der Waals surface area contributed by atoms with Crippen molar-refractivity contribution in [2.24, 2.45) is 0 Å². The van der Waals surface area contributed by atoms with Gasteiger partial charge in [0.15, 0.2) is 5.69 Å². The third-order valence-electron chi connectivity index (χ3n) is 2.91. The summed E-state index contributed by atoms with van der Waals surface area (Å²) in [5.74, 6) is 0. The Morgan fingerprint density at radius 2 is 2.05 bits per heavy atom. The van der Waals surface area contributed by atoms with Crippen molar-refractivity contribution in [3.8, 4) is 6.07 Å². The van der Waals surface area contributed by atoms with Gasteiger partial charge in [0.05, 0.1) is 5.69 Å². The molecule has 0 aliphatic rings. The Balaban J connectivity index is 2.25. The summed E-state index contributed by atoms with van der Waals surface area (Å²) in [5.41, 5.74) is 2.11. The molecule has 4 nitrogen and oxygen atoms in total. The third kappa shape index (κ3) is 3.46. The second-order valence-corrected chi connectivity index (χ2v) is 4.83. The minimum Gasteiger partial charge on any atom is -0.244 e. The van der Waals surface area contributed by atoms with Gasteiger partial charge in [0.2, 0.25) is 0 Å². The number of aromatic nitrogens is 3. The maximum absolute atomic E-state index is 9.07. The van der Waals surface area contributed by atoms with Gasteiger partial charge in [-0.2, -0.15) is 5.26 Å². The third-order valence-corrected chi connectivity index (χ3v) is 3.16. The zero-order valence-corrected chi connectivity index (χ0v) is 12.0. The van der Waals surface area contributed by atoms with E-state index in [0.29, 0.717) is 10.7 Å². The van der Waals surface area contributed by atoms with Gasteiger partial charge in [0.1, 0.15) is 6.07 Å². The molecule has 1 heterocycles. The summed E-state index contributed by atoms with van der Waals surface area (Å²) in [7, 11) is 0. The van der Waals surface area contributed by atoms with Crippen LogP contribution in [0.1, 0.15) is 36.7 Å². The molecule has 0 bridgehead atoms. The fourth-order valence-corrected chi connectivity index (χ4v) is 1.91. The summed E-state index contributed by atoms with van der Waals surface area (Å²) in [6.45, 7) is 2.89. The molecule has 0 atom stereocenters. The van der Waals surface area contributed by atoms with Crippen LogP contribution in [0.15, 0.2) is 24.3 Å². The highest BCUT2D eigenvalue weighted by Crippen LogP contribution is 2.14. The number of hydrogen-bond donors (Lipinski definition) is 0. The molecule has 0 spiro atoms. The van der Waals surface area contributed by atoms with Crippen molar-refractivity contribution in [2.45, 2.75) is 26.3 Å². The molecule has 0 radical (unpaired) electrons. The summed E-state index contributed by atoms with van der Waals surface area (Å²) < 4.78 is 1.77. The minimum absolute atomic E-state index is 0.353. The number of halogens is 1. The molecule has 2 rings (SSSR count). The first-order valence-electron chi connectivity index (χ1n) is 6.52. The Labute approximate surface area is 123 Å². The number of aryl methyl sites for hydroxylation is 1. The zero-order valence-electron chi connectivity index (χ0n) is 11.3. The molecule has 2 aromatic rings. The van der Waals surface area contributed by atoms with Crippen LogP contribution in [0.5, 0.6) is 0 Å². The molecule has 5 heteroatoms. The van der Waals surface area contributed by atoms with Gasteiger partial charge in [-0.3, -0.25) is 0 Å². The first-order valence-corrected chi connectivity index (χ1v) is 6.89. The van der Waals surface area contributed by atoms with Crippen LogP contribution in [0.4, 0.5) is 0 Å². The highest BCUT2D eigenvalue weighted by atomic mass is 35.5. The highest BCUT2D eigenvalue weighted by Gasteiger charge is 2.08. The molecule has 0 amide bonds. The fraction of sp³-hybridized carbons (Fsp3) is 0.267. The second-order valence-electron chi connectivity index (χ2n) is 4.40. The predicted molar refractivity (Wildman–Crippen MR) is 80.0 cm³/mol. The molecule has 0 saturated heterocycles. The van der Waals surface area contributed by atoms with Crippen molar-refractivity contribution in [1.82, 2.24) is 15.0 Å². The van der Waals surface area contributed by atoms with Crippen LogP contribution in [-0.2, 0) is 6.54 Å². The lowest BCUT2D eigenvalue weighted by Gasteiger charge is -2.01. The normalized spacial score (nSPS) is 10.8. The van der Waals surface area contributed by atoms with Gasteiger partial charge in [-0.05, 0) is 30.2 Å². The van der Waals surface area contributed by atoms with Crippen LogP contribution < -0.4 is 0 Å². The maximum Gasteiger partial charge on any atom is 0.190 e. The van der Waals surface area contributed by atoms with Gasteiger partial charge >= 0.3 is 0 Å². The van der Waals surface area contributed by atoms with Crippen LogP contribution in [-0.4, -0.2) is 15.0 Å². The number of nitriles is 1. The first kappa shape index (κ1) is 14.3. The summed E-state index contributed by atoms with van der Waals surface area (Å²) >= 11 is 5.85. The van der Waals surface area contributed by atoms with E-state index in [9.17, 15) is 0 Å². The van der Waals surface area contributed by atoms with Crippen LogP contribution in [0.3, 0.4) is 0 Å². The second kappa shape index (κ2) is 6.88. The standard InChI is InChI=1S/C15H15ClN4/c1-2-3-10-20-15(14(11-17)18-19-20)9-6-12-4-7-13(16)8-5-12/h4-9H,2-3,10H2,1H3/b9-6+. The molecule has 0 aliphatic heterocycles. The largest absolute Gasteiger partial charge is 0.244 e. The quantitative estimate of drug-likeness (QED) is 0.840. The molecule has 0 fully saturated rings. The number of nitrogens with zero attached hydrogens (tertiary/aromatic N) is 4. The van der Waals surface area contributed by atoms with Gasteiger partial charge in [0.25, 0.3) is 0 Å².